The molecule has 0 aliphatic heterocycles. The van der Waals surface area contributed by atoms with Crippen molar-refractivity contribution < 1.29 is 18.3 Å². The molecule has 0 spiro atoms. The van der Waals surface area contributed by atoms with E-state index in [4.69, 9.17) is 5.11 Å². The Balaban J connectivity index is 3.18. The number of carboxylic acid groups (broad SMARTS) is 1. The molecule has 0 saturated carbocycles. The second-order valence-corrected chi connectivity index (χ2v) is 5.83. The van der Waals surface area contributed by atoms with Crippen LogP contribution in [0.25, 0.3) is 0 Å². The lowest BCUT2D eigenvalue weighted by Crippen LogP contribution is -2.41. The monoisotopic (exact) mass is 260 g/mol. The fraction of sp³-hybridized carbons (Fsp3) is 0.500. The van der Waals surface area contributed by atoms with Gasteiger partial charge in [-0.25, -0.2) is 8.42 Å². The van der Waals surface area contributed by atoms with E-state index in [1.165, 1.54) is 10.6 Å². The summed E-state index contributed by atoms with van der Waals surface area (Å²) in [4.78, 5) is 10.7. The number of carbonyl (C=O) groups is 1. The van der Waals surface area contributed by atoms with Crippen molar-refractivity contribution in [2.75, 3.05) is 6.54 Å². The van der Waals surface area contributed by atoms with Gasteiger partial charge in [0.1, 0.15) is 11.6 Å². The molecule has 1 heterocycles. The van der Waals surface area contributed by atoms with E-state index < -0.39 is 28.6 Å². The van der Waals surface area contributed by atoms with E-state index in [-0.39, 0.29) is 5.03 Å². The molecule has 1 aromatic heterocycles. The molecule has 6 nitrogen and oxygen atoms in total. The number of aliphatic carboxylic acids is 1. The number of hydrogen-bond donors (Lipinski definition) is 1. The molecule has 0 radical (unpaired) electrons. The van der Waals surface area contributed by atoms with Gasteiger partial charge in [0.05, 0.1) is 0 Å². The summed E-state index contributed by atoms with van der Waals surface area (Å²) in [5, 5.41) is 8.84. The van der Waals surface area contributed by atoms with Crippen molar-refractivity contribution in [2.45, 2.75) is 24.9 Å². The van der Waals surface area contributed by atoms with Crippen molar-refractivity contribution in [3.8, 4) is 0 Å². The van der Waals surface area contributed by atoms with E-state index in [1.54, 1.807) is 33.2 Å². The smallest absolute Gasteiger partial charge is 0.318 e. The fourth-order valence-electron chi connectivity index (χ4n) is 1.51. The van der Waals surface area contributed by atoms with E-state index in [9.17, 15) is 13.2 Å². The van der Waals surface area contributed by atoms with Crippen molar-refractivity contribution in [3.05, 3.63) is 18.3 Å². The van der Waals surface area contributed by atoms with Gasteiger partial charge >= 0.3 is 5.97 Å². The number of aryl methyl sites for hydroxylation is 1. The van der Waals surface area contributed by atoms with Crippen LogP contribution in [0.3, 0.4) is 0 Å². The number of nitrogens with zero attached hydrogens (tertiary/aromatic N) is 2. The normalized spacial score (nSPS) is 12.3. The third-order valence-corrected chi connectivity index (χ3v) is 4.46. The molecule has 0 saturated heterocycles. The van der Waals surface area contributed by atoms with Crippen molar-refractivity contribution in [2.24, 2.45) is 7.05 Å². The molecule has 0 bridgehead atoms. The summed E-state index contributed by atoms with van der Waals surface area (Å²) in [5.74, 6) is -1.17. The van der Waals surface area contributed by atoms with Gasteiger partial charge in [-0.3, -0.25) is 4.79 Å². The Morgan fingerprint density at radius 2 is 2.12 bits per heavy atom. The summed E-state index contributed by atoms with van der Waals surface area (Å²) in [7, 11) is -2.16. The van der Waals surface area contributed by atoms with E-state index >= 15 is 0 Å². The molecule has 0 fully saturated rings. The maximum atomic E-state index is 12.2. The predicted molar refractivity (Wildman–Crippen MR) is 62.1 cm³/mol. The first-order chi connectivity index (χ1) is 7.76. The van der Waals surface area contributed by atoms with E-state index in [1.807, 2.05) is 0 Å². The second-order valence-electron chi connectivity index (χ2n) is 4.00. The molecule has 1 aromatic rings. The zero-order valence-corrected chi connectivity index (χ0v) is 10.8. The zero-order chi connectivity index (χ0) is 13.2. The van der Waals surface area contributed by atoms with Crippen LogP contribution in [-0.4, -0.2) is 41.0 Å². The van der Waals surface area contributed by atoms with Crippen LogP contribution in [0.5, 0.6) is 0 Å². The van der Waals surface area contributed by atoms with Crippen LogP contribution in [0, 0.1) is 0 Å². The molecule has 7 heteroatoms. The van der Waals surface area contributed by atoms with Crippen LogP contribution < -0.4 is 0 Å². The van der Waals surface area contributed by atoms with Crippen LogP contribution in [-0.2, 0) is 21.9 Å². The van der Waals surface area contributed by atoms with Crippen LogP contribution in [0.1, 0.15) is 13.8 Å². The molecular weight excluding hydrogens is 244 g/mol. The average Bonchev–Trinajstić information content (AvgIpc) is 2.60. The quantitative estimate of drug-likeness (QED) is 0.836. The summed E-state index contributed by atoms with van der Waals surface area (Å²) in [5.41, 5.74) is 0. The van der Waals surface area contributed by atoms with Crippen molar-refractivity contribution in [1.29, 1.82) is 0 Å². The van der Waals surface area contributed by atoms with Crippen molar-refractivity contribution in [1.82, 2.24) is 8.87 Å². The van der Waals surface area contributed by atoms with Crippen molar-refractivity contribution >= 4 is 16.0 Å². The minimum atomic E-state index is -3.77. The van der Waals surface area contributed by atoms with Gasteiger partial charge in [-0.2, -0.15) is 4.31 Å². The largest absolute Gasteiger partial charge is 0.480 e. The lowest BCUT2D eigenvalue weighted by molar-refractivity contribution is -0.137. The highest BCUT2D eigenvalue weighted by molar-refractivity contribution is 7.89. The summed E-state index contributed by atoms with van der Waals surface area (Å²) < 4.78 is 26.9. The van der Waals surface area contributed by atoms with Crippen LogP contribution in [0.15, 0.2) is 23.4 Å². The standard InChI is InChI=1S/C10H16N2O4S/c1-8(2)12(7-10(13)14)17(15,16)9-5-4-6-11(9)3/h4-6,8H,7H2,1-3H3,(H,13,14). The lowest BCUT2D eigenvalue weighted by Gasteiger charge is -2.24. The molecule has 1 rings (SSSR count). The summed E-state index contributed by atoms with van der Waals surface area (Å²) in [6.07, 6.45) is 1.60. The number of carboxylic acids is 1. The number of aromatic nitrogens is 1. The summed E-state index contributed by atoms with van der Waals surface area (Å²) in [6.45, 7) is 2.75. The Labute approximate surface area is 101 Å². The molecule has 0 aliphatic rings. The summed E-state index contributed by atoms with van der Waals surface area (Å²) in [6, 6.07) is 2.64. The molecule has 0 aromatic carbocycles. The van der Waals surface area contributed by atoms with Gasteiger partial charge in [-0.1, -0.05) is 0 Å². The Kier molecular flexibility index (Phi) is 3.94. The number of sulfonamides is 1. The first-order valence-electron chi connectivity index (χ1n) is 5.11. The van der Waals surface area contributed by atoms with Crippen LogP contribution >= 0.6 is 0 Å². The SMILES string of the molecule is CC(C)N(CC(=O)O)S(=O)(=O)c1cccn1C. The Bertz CT molecular complexity index is 504. The van der Waals surface area contributed by atoms with Gasteiger partial charge in [0.25, 0.3) is 10.0 Å². The molecule has 96 valence electrons. The first-order valence-corrected chi connectivity index (χ1v) is 6.55. The topological polar surface area (TPSA) is 79.6 Å². The maximum Gasteiger partial charge on any atom is 0.318 e. The lowest BCUT2D eigenvalue weighted by atomic mass is 10.4. The van der Waals surface area contributed by atoms with Gasteiger partial charge in [0, 0.05) is 19.3 Å². The van der Waals surface area contributed by atoms with Gasteiger partial charge in [-0.05, 0) is 26.0 Å². The van der Waals surface area contributed by atoms with Crippen LogP contribution in [0.2, 0.25) is 0 Å². The highest BCUT2D eigenvalue weighted by Crippen LogP contribution is 2.17. The van der Waals surface area contributed by atoms with Gasteiger partial charge in [0.2, 0.25) is 0 Å². The summed E-state index contributed by atoms with van der Waals surface area (Å²) >= 11 is 0. The third-order valence-electron chi connectivity index (χ3n) is 2.34. The maximum absolute atomic E-state index is 12.2. The van der Waals surface area contributed by atoms with Crippen LogP contribution in [0.4, 0.5) is 0 Å². The second kappa shape index (κ2) is 4.89. The first kappa shape index (κ1) is 13.7. The highest BCUT2D eigenvalue weighted by atomic mass is 32.2. The molecular formula is C10H16N2O4S. The van der Waals surface area contributed by atoms with E-state index in [0.29, 0.717) is 0 Å². The Hall–Kier alpha value is -1.34. The van der Waals surface area contributed by atoms with Crippen molar-refractivity contribution in [3.63, 3.8) is 0 Å². The molecule has 0 unspecified atom stereocenters. The van der Waals surface area contributed by atoms with Gasteiger partial charge in [0.15, 0.2) is 0 Å². The Morgan fingerprint density at radius 1 is 1.53 bits per heavy atom. The fourth-order valence-corrected chi connectivity index (χ4v) is 3.26. The highest BCUT2D eigenvalue weighted by Gasteiger charge is 2.30. The molecule has 0 atom stereocenters. The molecule has 17 heavy (non-hydrogen) atoms. The van der Waals surface area contributed by atoms with Gasteiger partial charge in [-0.15, -0.1) is 0 Å². The Morgan fingerprint density at radius 3 is 2.47 bits per heavy atom. The average molecular weight is 260 g/mol. The number of hydrogen-bond acceptors (Lipinski definition) is 3. The zero-order valence-electron chi connectivity index (χ0n) is 9.99. The molecule has 0 aliphatic carbocycles. The van der Waals surface area contributed by atoms with Gasteiger partial charge < -0.3 is 9.67 Å². The minimum absolute atomic E-state index is 0.0902. The van der Waals surface area contributed by atoms with E-state index in [0.717, 1.165) is 4.31 Å². The third kappa shape index (κ3) is 2.86. The number of rotatable bonds is 5. The minimum Gasteiger partial charge on any atom is -0.480 e. The predicted octanol–water partition coefficient (Wildman–Crippen LogP) is 0.509. The molecule has 0 amide bonds. The molecule has 1 N–H and O–H groups in total. The van der Waals surface area contributed by atoms with E-state index in [2.05, 4.69) is 0 Å².